The van der Waals surface area contributed by atoms with E-state index in [1.54, 1.807) is 13.4 Å². The standard InChI is InChI=1S/C19H27N7.HI/c1-4-17-25-24-13-26(17)11-10-22-19(20-3)21-9-8-15-12-23-18-14(2)6-5-7-16(15)18;/h5-7,12-13,23H,4,8-11H2,1-3H3,(H2,20,21,22);1H. The van der Waals surface area contributed by atoms with Gasteiger partial charge in [-0.25, -0.2) is 0 Å². The largest absolute Gasteiger partial charge is 0.361 e. The number of nitrogens with one attached hydrogen (secondary N) is 3. The van der Waals surface area contributed by atoms with Crippen LogP contribution < -0.4 is 10.6 Å². The summed E-state index contributed by atoms with van der Waals surface area (Å²) >= 11 is 0. The first-order valence-electron chi connectivity index (χ1n) is 9.09. The SMILES string of the molecule is CCc1nncn1CCNC(=NC)NCCc1c[nH]c2c(C)cccc12.I. The van der Waals surface area contributed by atoms with Crippen molar-refractivity contribution < 1.29 is 0 Å². The van der Waals surface area contributed by atoms with Gasteiger partial charge in [-0.1, -0.05) is 25.1 Å². The highest BCUT2D eigenvalue weighted by atomic mass is 127. The second kappa shape index (κ2) is 10.3. The van der Waals surface area contributed by atoms with Gasteiger partial charge in [0, 0.05) is 50.2 Å². The molecule has 7 nitrogen and oxygen atoms in total. The summed E-state index contributed by atoms with van der Waals surface area (Å²) < 4.78 is 2.06. The highest BCUT2D eigenvalue weighted by molar-refractivity contribution is 14.0. The number of para-hydroxylation sites is 1. The minimum absolute atomic E-state index is 0. The number of nitrogens with zero attached hydrogens (tertiary/aromatic N) is 4. The summed E-state index contributed by atoms with van der Waals surface area (Å²) in [5, 5.41) is 16.1. The summed E-state index contributed by atoms with van der Waals surface area (Å²) in [4.78, 5) is 7.67. The average Bonchev–Trinajstić information content (AvgIpc) is 3.28. The van der Waals surface area contributed by atoms with Crippen molar-refractivity contribution in [2.45, 2.75) is 33.2 Å². The summed E-state index contributed by atoms with van der Waals surface area (Å²) in [6.45, 7) is 6.63. The molecule has 2 heterocycles. The summed E-state index contributed by atoms with van der Waals surface area (Å²) in [7, 11) is 1.79. The number of rotatable bonds is 7. The Bertz CT molecular complexity index is 881. The summed E-state index contributed by atoms with van der Waals surface area (Å²) in [6.07, 6.45) is 5.70. The van der Waals surface area contributed by atoms with Gasteiger partial charge in [0.15, 0.2) is 5.96 Å². The van der Waals surface area contributed by atoms with Gasteiger partial charge in [-0.05, 0) is 24.5 Å². The van der Waals surface area contributed by atoms with Gasteiger partial charge < -0.3 is 20.2 Å². The normalized spacial score (nSPS) is 11.4. The van der Waals surface area contributed by atoms with E-state index in [1.807, 2.05) is 0 Å². The fraction of sp³-hybridized carbons (Fsp3) is 0.421. The maximum Gasteiger partial charge on any atom is 0.191 e. The van der Waals surface area contributed by atoms with Gasteiger partial charge >= 0.3 is 0 Å². The molecule has 27 heavy (non-hydrogen) atoms. The van der Waals surface area contributed by atoms with Crippen molar-refractivity contribution in [2.24, 2.45) is 4.99 Å². The number of guanidine groups is 1. The summed E-state index contributed by atoms with van der Waals surface area (Å²) in [6, 6.07) is 6.41. The van der Waals surface area contributed by atoms with E-state index in [0.29, 0.717) is 0 Å². The molecule has 0 amide bonds. The zero-order valence-corrected chi connectivity index (χ0v) is 18.4. The Hall–Kier alpha value is -2.10. The van der Waals surface area contributed by atoms with E-state index in [9.17, 15) is 0 Å². The molecule has 3 rings (SSSR count). The van der Waals surface area contributed by atoms with Crippen molar-refractivity contribution in [1.82, 2.24) is 30.4 Å². The van der Waals surface area contributed by atoms with E-state index in [1.165, 1.54) is 22.0 Å². The van der Waals surface area contributed by atoms with Crippen LogP contribution in [0.3, 0.4) is 0 Å². The number of aliphatic imine (C=N–C) groups is 1. The fourth-order valence-electron chi connectivity index (χ4n) is 3.14. The van der Waals surface area contributed by atoms with E-state index in [-0.39, 0.29) is 24.0 Å². The van der Waals surface area contributed by atoms with Gasteiger partial charge in [-0.3, -0.25) is 4.99 Å². The Morgan fingerprint density at radius 1 is 1.26 bits per heavy atom. The molecule has 1 aromatic carbocycles. The molecule has 0 atom stereocenters. The maximum atomic E-state index is 4.29. The first kappa shape index (κ1) is 21.2. The van der Waals surface area contributed by atoms with Gasteiger partial charge in [0.1, 0.15) is 12.2 Å². The lowest BCUT2D eigenvalue weighted by Gasteiger charge is -2.12. The Morgan fingerprint density at radius 3 is 2.85 bits per heavy atom. The van der Waals surface area contributed by atoms with E-state index < -0.39 is 0 Å². The van der Waals surface area contributed by atoms with Gasteiger partial charge in [-0.15, -0.1) is 34.2 Å². The van der Waals surface area contributed by atoms with E-state index >= 15 is 0 Å². The third kappa shape index (κ3) is 5.21. The predicted octanol–water partition coefficient (Wildman–Crippen LogP) is 2.66. The van der Waals surface area contributed by atoms with E-state index in [2.05, 4.69) is 73.6 Å². The topological polar surface area (TPSA) is 82.9 Å². The Labute approximate surface area is 177 Å². The van der Waals surface area contributed by atoms with Crippen LogP contribution in [0.5, 0.6) is 0 Å². The number of halogens is 1. The summed E-state index contributed by atoms with van der Waals surface area (Å²) in [5.41, 5.74) is 3.83. The van der Waals surface area contributed by atoms with Crippen LogP contribution in [0.15, 0.2) is 35.7 Å². The minimum atomic E-state index is 0. The third-order valence-electron chi connectivity index (χ3n) is 4.58. The minimum Gasteiger partial charge on any atom is -0.361 e. The smallest absolute Gasteiger partial charge is 0.191 e. The molecule has 0 unspecified atom stereocenters. The zero-order chi connectivity index (χ0) is 18.4. The van der Waals surface area contributed by atoms with Crippen LogP contribution in [0.2, 0.25) is 0 Å². The lowest BCUT2D eigenvalue weighted by molar-refractivity contribution is 0.632. The highest BCUT2D eigenvalue weighted by Gasteiger charge is 2.06. The number of hydrogen-bond donors (Lipinski definition) is 3. The van der Waals surface area contributed by atoms with Crippen LogP contribution in [0.4, 0.5) is 0 Å². The lowest BCUT2D eigenvalue weighted by atomic mass is 10.1. The first-order valence-corrected chi connectivity index (χ1v) is 9.09. The van der Waals surface area contributed by atoms with Crippen LogP contribution in [0, 0.1) is 6.92 Å². The number of hydrogen-bond acceptors (Lipinski definition) is 3. The van der Waals surface area contributed by atoms with Crippen molar-refractivity contribution in [3.8, 4) is 0 Å². The fourth-order valence-corrected chi connectivity index (χ4v) is 3.14. The molecule has 3 aromatic rings. The van der Waals surface area contributed by atoms with Crippen LogP contribution in [0.25, 0.3) is 10.9 Å². The molecule has 0 spiro atoms. The number of H-pyrrole nitrogens is 1. The van der Waals surface area contributed by atoms with Crippen LogP contribution in [-0.4, -0.2) is 45.8 Å². The molecule has 0 radical (unpaired) electrons. The zero-order valence-electron chi connectivity index (χ0n) is 16.1. The number of aromatic amines is 1. The Morgan fingerprint density at radius 2 is 2.07 bits per heavy atom. The monoisotopic (exact) mass is 481 g/mol. The van der Waals surface area contributed by atoms with Crippen molar-refractivity contribution in [1.29, 1.82) is 0 Å². The summed E-state index contributed by atoms with van der Waals surface area (Å²) in [5.74, 6) is 1.82. The van der Waals surface area contributed by atoms with Gasteiger partial charge in [0.05, 0.1) is 0 Å². The molecule has 3 N–H and O–H groups in total. The molecule has 146 valence electrons. The molecule has 0 aliphatic heterocycles. The van der Waals surface area contributed by atoms with E-state index in [0.717, 1.165) is 44.3 Å². The van der Waals surface area contributed by atoms with Crippen LogP contribution in [0.1, 0.15) is 23.9 Å². The molecular weight excluding hydrogens is 453 g/mol. The molecular formula is C19H28IN7. The highest BCUT2D eigenvalue weighted by Crippen LogP contribution is 2.21. The molecule has 0 aliphatic rings. The second-order valence-electron chi connectivity index (χ2n) is 6.28. The van der Waals surface area contributed by atoms with Crippen molar-refractivity contribution >= 4 is 40.8 Å². The quantitative estimate of drug-likeness (QED) is 0.275. The molecule has 2 aromatic heterocycles. The van der Waals surface area contributed by atoms with Gasteiger partial charge in [-0.2, -0.15) is 0 Å². The van der Waals surface area contributed by atoms with Crippen molar-refractivity contribution in [3.63, 3.8) is 0 Å². The number of aryl methyl sites for hydroxylation is 2. The molecule has 0 aliphatic carbocycles. The van der Waals surface area contributed by atoms with Crippen LogP contribution >= 0.6 is 24.0 Å². The second-order valence-corrected chi connectivity index (χ2v) is 6.28. The van der Waals surface area contributed by atoms with E-state index in [4.69, 9.17) is 0 Å². The first-order chi connectivity index (χ1) is 12.7. The molecule has 0 saturated carbocycles. The molecule has 8 heteroatoms. The van der Waals surface area contributed by atoms with Gasteiger partial charge in [0.25, 0.3) is 0 Å². The van der Waals surface area contributed by atoms with Crippen molar-refractivity contribution in [3.05, 3.63) is 47.7 Å². The third-order valence-corrected chi connectivity index (χ3v) is 4.58. The number of benzene rings is 1. The molecule has 0 saturated heterocycles. The van der Waals surface area contributed by atoms with Gasteiger partial charge in [0.2, 0.25) is 0 Å². The molecule has 0 fully saturated rings. The predicted molar refractivity (Wildman–Crippen MR) is 121 cm³/mol. The lowest BCUT2D eigenvalue weighted by Crippen LogP contribution is -2.39. The number of fused-ring (bicyclic) bond motifs is 1. The number of aromatic nitrogens is 4. The maximum absolute atomic E-state index is 4.29. The Kier molecular flexibility index (Phi) is 8.08. The van der Waals surface area contributed by atoms with Crippen LogP contribution in [-0.2, 0) is 19.4 Å². The van der Waals surface area contributed by atoms with Crippen molar-refractivity contribution in [2.75, 3.05) is 20.1 Å². The Balaban J connectivity index is 0.00000261. The molecule has 0 bridgehead atoms. The average molecular weight is 481 g/mol.